The highest BCUT2D eigenvalue weighted by Gasteiger charge is 2.72. The molecule has 10 heteroatoms. The summed E-state index contributed by atoms with van der Waals surface area (Å²) < 4.78 is 35.4. The van der Waals surface area contributed by atoms with E-state index in [2.05, 4.69) is 4.90 Å². The molecule has 0 radical (unpaired) electrons. The lowest BCUT2D eigenvalue weighted by molar-refractivity contribution is -0.284. The van der Waals surface area contributed by atoms with E-state index in [1.165, 1.54) is 7.11 Å². The number of methoxy groups -OCH3 is 2. The van der Waals surface area contributed by atoms with Crippen LogP contribution in [0.25, 0.3) is 0 Å². The molecule has 38 heavy (non-hydrogen) atoms. The van der Waals surface area contributed by atoms with Crippen LogP contribution in [0.1, 0.15) is 75.5 Å². The van der Waals surface area contributed by atoms with Crippen molar-refractivity contribution < 1.29 is 43.1 Å². The Labute approximate surface area is 222 Å². The summed E-state index contributed by atoms with van der Waals surface area (Å²) in [6.07, 6.45) is 1.43. The molecule has 4 bridgehead atoms. The Balaban J connectivity index is 1.43. The van der Waals surface area contributed by atoms with Crippen molar-refractivity contribution in [1.82, 2.24) is 4.90 Å². The molecule has 1 aromatic rings. The van der Waals surface area contributed by atoms with Gasteiger partial charge in [0.05, 0.1) is 19.6 Å². The predicted molar refractivity (Wildman–Crippen MR) is 133 cm³/mol. The maximum Gasteiger partial charge on any atom is 0.339 e. The van der Waals surface area contributed by atoms with Crippen LogP contribution in [0.2, 0.25) is 0 Å². The van der Waals surface area contributed by atoms with Gasteiger partial charge in [0.25, 0.3) is 0 Å². The Kier molecular flexibility index (Phi) is 6.18. The highest BCUT2D eigenvalue weighted by molar-refractivity contribution is 5.86. The summed E-state index contributed by atoms with van der Waals surface area (Å²) >= 11 is 0. The van der Waals surface area contributed by atoms with E-state index in [0.717, 1.165) is 30.5 Å². The number of rotatable bonds is 8. The SMILES string of the molecule is COC(=O)C[C@](O)(CCC(C)C)C(=O)O[C@H]1[C@H]2c3cc4c(cc3[C@H]3CN5CCC[C@]25C[C@]1(OC)O3)OCO4. The van der Waals surface area contributed by atoms with Gasteiger partial charge in [-0.15, -0.1) is 0 Å². The molecular formula is C28H37NO9. The highest BCUT2D eigenvalue weighted by atomic mass is 16.7. The van der Waals surface area contributed by atoms with Crippen molar-refractivity contribution >= 4 is 11.9 Å². The standard InChI is InChI=1S/C28H37NO9/c1-16(2)6-8-27(32,12-22(30)33-3)25(31)37-24-23-18-11-20-19(35-15-36-20)10-17(18)21-13-29-9-5-7-26(23,29)14-28(24,34-4)38-21/h10-11,16,21,23-24,32H,5-9,12-15H2,1-4H3/t21-,23-,24+,26+,27-,28+/m1/s1. The van der Waals surface area contributed by atoms with Gasteiger partial charge < -0.3 is 33.5 Å². The van der Waals surface area contributed by atoms with Crippen molar-refractivity contribution in [3.05, 3.63) is 23.3 Å². The Bertz CT molecular complexity index is 1140. The van der Waals surface area contributed by atoms with E-state index in [1.54, 1.807) is 7.11 Å². The van der Waals surface area contributed by atoms with E-state index >= 15 is 0 Å². The quantitative estimate of drug-likeness (QED) is 0.503. The molecular weight excluding hydrogens is 494 g/mol. The maximum absolute atomic E-state index is 13.8. The molecule has 5 heterocycles. The number of esters is 2. The first-order chi connectivity index (χ1) is 18.1. The Hall–Kier alpha value is -2.40. The van der Waals surface area contributed by atoms with Crippen LogP contribution < -0.4 is 9.47 Å². The fourth-order valence-electron chi connectivity index (χ4n) is 7.40. The van der Waals surface area contributed by atoms with Crippen LogP contribution in [-0.4, -0.2) is 79.1 Å². The molecule has 6 aliphatic rings. The molecule has 1 aromatic carbocycles. The van der Waals surface area contributed by atoms with Crippen LogP contribution >= 0.6 is 0 Å². The number of nitrogens with zero attached hydrogens (tertiary/aromatic N) is 1. The molecule has 1 spiro atoms. The number of hydrogen-bond donors (Lipinski definition) is 1. The number of fused-ring (bicyclic) bond motifs is 1. The summed E-state index contributed by atoms with van der Waals surface area (Å²) in [6.45, 7) is 5.76. The summed E-state index contributed by atoms with van der Waals surface area (Å²) in [5.41, 5.74) is -0.386. The van der Waals surface area contributed by atoms with Gasteiger partial charge in [-0.1, -0.05) is 13.8 Å². The second-order valence-corrected chi connectivity index (χ2v) is 11.8. The second kappa shape index (κ2) is 9.08. The van der Waals surface area contributed by atoms with Crippen LogP contribution in [-0.2, 0) is 28.5 Å². The summed E-state index contributed by atoms with van der Waals surface area (Å²) in [4.78, 5) is 28.5. The molecule has 2 saturated heterocycles. The molecule has 5 aliphatic heterocycles. The molecule has 3 fully saturated rings. The van der Waals surface area contributed by atoms with Crippen molar-refractivity contribution in [1.29, 1.82) is 0 Å². The van der Waals surface area contributed by atoms with Crippen molar-refractivity contribution in [2.75, 3.05) is 34.1 Å². The third kappa shape index (κ3) is 3.75. The van der Waals surface area contributed by atoms with Gasteiger partial charge in [0.2, 0.25) is 12.6 Å². The zero-order chi connectivity index (χ0) is 26.9. The smallest absolute Gasteiger partial charge is 0.339 e. The normalized spacial score (nSPS) is 34.0. The van der Waals surface area contributed by atoms with E-state index < -0.39 is 35.9 Å². The van der Waals surface area contributed by atoms with Crippen molar-refractivity contribution in [2.24, 2.45) is 5.92 Å². The largest absolute Gasteiger partial charge is 0.469 e. The first-order valence-electron chi connectivity index (χ1n) is 13.6. The van der Waals surface area contributed by atoms with E-state index in [9.17, 15) is 14.7 Å². The monoisotopic (exact) mass is 531 g/mol. The first-order valence-corrected chi connectivity index (χ1v) is 13.6. The lowest BCUT2D eigenvalue weighted by Gasteiger charge is -2.40. The summed E-state index contributed by atoms with van der Waals surface area (Å²) in [5, 5.41) is 11.5. The van der Waals surface area contributed by atoms with Gasteiger partial charge in [-0.05, 0) is 61.4 Å². The lowest BCUT2D eigenvalue weighted by Crippen LogP contribution is -2.52. The maximum atomic E-state index is 13.8. The molecule has 1 N–H and O–H groups in total. The number of carbonyl (C=O) groups excluding carboxylic acids is 2. The van der Waals surface area contributed by atoms with Gasteiger partial charge in [0.1, 0.15) is 0 Å². The van der Waals surface area contributed by atoms with Crippen LogP contribution in [0.5, 0.6) is 11.5 Å². The van der Waals surface area contributed by atoms with Crippen LogP contribution in [0.15, 0.2) is 12.1 Å². The molecule has 10 nitrogen and oxygen atoms in total. The van der Waals surface area contributed by atoms with Gasteiger partial charge >= 0.3 is 11.9 Å². The highest BCUT2D eigenvalue weighted by Crippen LogP contribution is 2.65. The van der Waals surface area contributed by atoms with Crippen molar-refractivity contribution in [3.8, 4) is 11.5 Å². The van der Waals surface area contributed by atoms with Crippen LogP contribution in [0, 0.1) is 5.92 Å². The van der Waals surface area contributed by atoms with E-state index in [0.29, 0.717) is 30.9 Å². The van der Waals surface area contributed by atoms with Crippen molar-refractivity contribution in [3.63, 3.8) is 0 Å². The summed E-state index contributed by atoms with van der Waals surface area (Å²) in [6, 6.07) is 3.98. The van der Waals surface area contributed by atoms with Gasteiger partial charge in [0, 0.05) is 31.5 Å². The second-order valence-electron chi connectivity index (χ2n) is 11.8. The minimum Gasteiger partial charge on any atom is -0.469 e. The topological polar surface area (TPSA) is 113 Å². The summed E-state index contributed by atoms with van der Waals surface area (Å²) in [7, 11) is 2.82. The van der Waals surface area contributed by atoms with Gasteiger partial charge in [-0.3, -0.25) is 9.69 Å². The van der Waals surface area contributed by atoms with Crippen LogP contribution in [0.3, 0.4) is 0 Å². The Morgan fingerprint density at radius 3 is 2.63 bits per heavy atom. The Morgan fingerprint density at radius 2 is 1.95 bits per heavy atom. The number of benzene rings is 1. The number of hydrogen-bond acceptors (Lipinski definition) is 10. The predicted octanol–water partition coefficient (Wildman–Crippen LogP) is 2.81. The van der Waals surface area contributed by atoms with Crippen molar-refractivity contribution in [2.45, 2.75) is 87.4 Å². The zero-order valence-corrected chi connectivity index (χ0v) is 22.5. The van der Waals surface area contributed by atoms with Gasteiger partial charge in [-0.2, -0.15) is 0 Å². The molecule has 6 atom stereocenters. The van der Waals surface area contributed by atoms with Crippen LogP contribution in [0.4, 0.5) is 0 Å². The zero-order valence-electron chi connectivity index (χ0n) is 22.5. The summed E-state index contributed by atoms with van der Waals surface area (Å²) in [5.74, 6) is -1.47. The van der Waals surface area contributed by atoms with Gasteiger partial charge in [-0.25, -0.2) is 4.79 Å². The molecule has 1 saturated carbocycles. The van der Waals surface area contributed by atoms with E-state index in [-0.39, 0.29) is 36.7 Å². The lowest BCUT2D eigenvalue weighted by atomic mass is 9.78. The van der Waals surface area contributed by atoms with E-state index in [4.69, 9.17) is 28.4 Å². The number of aliphatic hydroxyl groups is 1. The fraction of sp³-hybridized carbons (Fsp3) is 0.714. The van der Waals surface area contributed by atoms with E-state index in [1.807, 2.05) is 26.0 Å². The molecule has 0 aromatic heterocycles. The third-order valence-electron chi connectivity index (χ3n) is 9.28. The Morgan fingerprint density at radius 1 is 1.21 bits per heavy atom. The average Bonchev–Trinajstić information content (AvgIpc) is 3.52. The molecule has 208 valence electrons. The first kappa shape index (κ1) is 25.9. The minimum atomic E-state index is -2.03. The molecule has 0 amide bonds. The number of carbonyl (C=O) groups is 2. The molecule has 0 unspecified atom stereocenters. The van der Waals surface area contributed by atoms with Gasteiger partial charge in [0.15, 0.2) is 23.2 Å². The average molecular weight is 532 g/mol. The molecule has 7 rings (SSSR count). The number of ether oxygens (including phenoxy) is 6. The molecule has 1 aliphatic carbocycles. The third-order valence-corrected chi connectivity index (χ3v) is 9.28. The minimum absolute atomic E-state index is 0.0754. The fourth-order valence-corrected chi connectivity index (χ4v) is 7.40.